The third-order valence-electron chi connectivity index (χ3n) is 28.9. The molecule has 0 saturated heterocycles. The molecule has 0 spiro atoms. The van der Waals surface area contributed by atoms with Crippen molar-refractivity contribution in [1.29, 1.82) is 0 Å². The minimum absolute atomic E-state index is 0.689. The summed E-state index contributed by atoms with van der Waals surface area (Å²) in [6.07, 6.45) is 0. The molecule has 31 rings (SSSR count). The van der Waals surface area contributed by atoms with Gasteiger partial charge in [0.2, 0.25) is 17.8 Å². The molecular weight excluding hydrogens is 1830 g/mol. The van der Waals surface area contributed by atoms with Crippen LogP contribution in [-0.4, -0.2) is 76.7 Å². The van der Waals surface area contributed by atoms with Gasteiger partial charge in [0.25, 0.3) is 0 Å². The molecule has 16 heteroatoms. The van der Waals surface area contributed by atoms with Crippen LogP contribution in [0, 0.1) is 0 Å². The van der Waals surface area contributed by atoms with E-state index in [0.717, 1.165) is 267 Å². The summed E-state index contributed by atoms with van der Waals surface area (Å²) in [5.41, 5.74) is 37.5. The lowest BCUT2D eigenvalue weighted by Gasteiger charge is -2.13. The smallest absolute Gasteiger partial charge is 0.221 e. The molecule has 0 atom stereocenters. The van der Waals surface area contributed by atoms with Gasteiger partial charge in [0, 0.05) is 87.4 Å². The van der Waals surface area contributed by atoms with Gasteiger partial charge >= 0.3 is 0 Å². The molecule has 0 bridgehead atoms. The molecule has 0 fully saturated rings. The fourth-order valence-corrected chi connectivity index (χ4v) is 21.9. The minimum Gasteiger partial charge on any atom is -0.279 e. The normalized spacial score (nSPS) is 11.7. The van der Waals surface area contributed by atoms with E-state index in [1.165, 1.54) is 5.39 Å². The number of nitrogens with zero attached hydrogens (tertiary/aromatic N) is 16. The molecule has 0 amide bonds. The zero-order valence-corrected chi connectivity index (χ0v) is 80.7. The molecule has 700 valence electrons. The van der Waals surface area contributed by atoms with E-state index in [0.29, 0.717) is 5.82 Å². The van der Waals surface area contributed by atoms with Gasteiger partial charge < -0.3 is 0 Å². The van der Waals surface area contributed by atoms with Crippen LogP contribution in [0.3, 0.4) is 0 Å². The van der Waals surface area contributed by atoms with E-state index in [9.17, 15) is 0 Å². The monoisotopic (exact) mass is 1920 g/mol. The second-order valence-electron chi connectivity index (χ2n) is 37.8. The van der Waals surface area contributed by atoms with Crippen LogP contribution < -0.4 is 0 Å². The molecule has 0 saturated carbocycles. The van der Waals surface area contributed by atoms with Crippen LogP contribution in [0.4, 0.5) is 0 Å². The summed E-state index contributed by atoms with van der Waals surface area (Å²) in [6, 6.07) is 177. The van der Waals surface area contributed by atoms with Crippen molar-refractivity contribution in [1.82, 2.24) is 76.7 Å². The van der Waals surface area contributed by atoms with Crippen molar-refractivity contribution in [2.75, 3.05) is 0 Å². The van der Waals surface area contributed by atoms with Crippen LogP contribution in [0.1, 0.15) is 0 Å². The van der Waals surface area contributed by atoms with Gasteiger partial charge in [0.05, 0.1) is 117 Å². The highest BCUT2D eigenvalue weighted by atomic mass is 15.3. The summed E-state index contributed by atoms with van der Waals surface area (Å²) < 4.78 is 13.5. The Balaban J connectivity index is 0.000000106. The van der Waals surface area contributed by atoms with Crippen LogP contribution >= 0.6 is 0 Å². The Labute approximate surface area is 858 Å². The molecule has 19 aromatic carbocycles. The van der Waals surface area contributed by atoms with Crippen LogP contribution in [0.15, 0.2) is 510 Å². The van der Waals surface area contributed by atoms with Crippen molar-refractivity contribution in [3.8, 4) is 130 Å². The van der Waals surface area contributed by atoms with E-state index < -0.39 is 0 Å². The molecule has 0 N–H and O–H groups in total. The van der Waals surface area contributed by atoms with Crippen molar-refractivity contribution in [3.05, 3.63) is 510 Å². The Morgan fingerprint density at radius 2 is 0.360 bits per heavy atom. The summed E-state index contributed by atoms with van der Waals surface area (Å²) in [6.45, 7) is 0. The zero-order valence-electron chi connectivity index (χ0n) is 80.7. The topological polar surface area (TPSA) is 157 Å². The standard InChI is InChI=1S/C48H30N6.2C43H27N5/c1-3-14-31(15-4-1)41-30-42(32-16-5-2-6-17-32)50-46(49-41)35-19-13-18-33(28-35)34-26-27-44-38(29-34)36-20-8-11-24-43(36)53(44)48-52-39-22-9-7-21-37(39)47-51-40-23-10-12-25-45(40)54(47)48;1-3-13-28(14-4-1)37-26-31(27-38(44-37)29-15-5-2-6-16-29)30-23-24-40-34(25-30)32-17-8-11-21-39(32)47(40)43-46-35-19-9-7-18-33(35)42-45-36-20-10-12-22-41(36)48(42)43;1-3-13-28(14-4-1)31-26-37(29-15-5-2-6-16-29)44-38(27-31)30-23-24-40-34(25-30)32-17-8-11-21-39(32)47(40)43-46-35-19-9-7-18-33(35)42-45-36-20-10-12-22-41(36)48(42)43/h1-30H;2*1-27H. The predicted octanol–water partition coefficient (Wildman–Crippen LogP) is 32.6. The lowest BCUT2D eigenvalue weighted by atomic mass is 9.98. The number of aromatic nitrogens is 16. The Morgan fingerprint density at radius 1 is 0.120 bits per heavy atom. The van der Waals surface area contributed by atoms with Crippen molar-refractivity contribution in [2.24, 2.45) is 0 Å². The van der Waals surface area contributed by atoms with Gasteiger partial charge in [-0.05, 0) is 197 Å². The van der Waals surface area contributed by atoms with Gasteiger partial charge in [-0.3, -0.25) is 26.9 Å². The van der Waals surface area contributed by atoms with Gasteiger partial charge in [0.15, 0.2) is 5.82 Å². The van der Waals surface area contributed by atoms with Gasteiger partial charge in [-0.15, -0.1) is 0 Å². The number of para-hydroxylation sites is 12. The summed E-state index contributed by atoms with van der Waals surface area (Å²) in [4.78, 5) is 51.8. The molecule has 12 heterocycles. The molecule has 0 radical (unpaired) electrons. The molecule has 0 unspecified atom stereocenters. The molecular formula is C134H84N16. The summed E-state index contributed by atoms with van der Waals surface area (Å²) >= 11 is 0. The van der Waals surface area contributed by atoms with E-state index in [2.05, 4.69) is 439 Å². The first-order valence-electron chi connectivity index (χ1n) is 50.3. The first-order valence-corrected chi connectivity index (χ1v) is 50.3. The number of fused-ring (bicyclic) bond motifs is 24. The lowest BCUT2D eigenvalue weighted by Crippen LogP contribution is -2.06. The molecule has 31 aromatic rings. The first-order chi connectivity index (χ1) is 74.4. The second kappa shape index (κ2) is 35.8. The zero-order chi connectivity index (χ0) is 98.8. The van der Waals surface area contributed by atoms with Crippen LogP contribution in [0.2, 0.25) is 0 Å². The third-order valence-corrected chi connectivity index (χ3v) is 28.9. The number of hydrogen-bond acceptors (Lipinski definition) is 10. The van der Waals surface area contributed by atoms with Crippen LogP contribution in [0.25, 0.3) is 278 Å². The number of imidazole rings is 3. The van der Waals surface area contributed by atoms with Crippen molar-refractivity contribution in [2.45, 2.75) is 0 Å². The fourth-order valence-electron chi connectivity index (χ4n) is 21.9. The van der Waals surface area contributed by atoms with Crippen LogP contribution in [-0.2, 0) is 0 Å². The fraction of sp³-hybridized carbons (Fsp3) is 0. The molecule has 0 aliphatic carbocycles. The maximum Gasteiger partial charge on any atom is 0.221 e. The third kappa shape index (κ3) is 14.8. The maximum absolute atomic E-state index is 5.32. The maximum atomic E-state index is 5.32. The number of rotatable bonds is 13. The van der Waals surface area contributed by atoms with Gasteiger partial charge in [0.1, 0.15) is 16.9 Å². The van der Waals surface area contributed by atoms with E-state index >= 15 is 0 Å². The van der Waals surface area contributed by atoms with E-state index in [-0.39, 0.29) is 0 Å². The van der Waals surface area contributed by atoms with Crippen molar-refractivity contribution in [3.63, 3.8) is 0 Å². The number of hydrogen-bond donors (Lipinski definition) is 0. The molecule has 16 nitrogen and oxygen atoms in total. The lowest BCUT2D eigenvalue weighted by molar-refractivity contribution is 0.979. The summed E-state index contributed by atoms with van der Waals surface area (Å²) in [7, 11) is 0. The minimum atomic E-state index is 0.689. The van der Waals surface area contributed by atoms with Crippen molar-refractivity contribution < 1.29 is 0 Å². The highest BCUT2D eigenvalue weighted by Gasteiger charge is 2.28. The van der Waals surface area contributed by atoms with Gasteiger partial charge in [-0.25, -0.2) is 49.8 Å². The number of pyridine rings is 2. The van der Waals surface area contributed by atoms with E-state index in [1.807, 2.05) is 97.1 Å². The van der Waals surface area contributed by atoms with E-state index in [1.54, 1.807) is 0 Å². The van der Waals surface area contributed by atoms with Crippen molar-refractivity contribution >= 4 is 148 Å². The quantitative estimate of drug-likeness (QED) is 0.109. The Bertz CT molecular complexity index is 10200. The highest BCUT2D eigenvalue weighted by Crippen LogP contribution is 2.45. The summed E-state index contributed by atoms with van der Waals surface area (Å²) in [5.74, 6) is 3.13. The second-order valence-corrected chi connectivity index (χ2v) is 37.8. The molecule has 12 aromatic heterocycles. The Morgan fingerprint density at radius 3 is 0.713 bits per heavy atom. The molecule has 0 aliphatic heterocycles. The predicted molar refractivity (Wildman–Crippen MR) is 613 cm³/mol. The van der Waals surface area contributed by atoms with Gasteiger partial charge in [-0.1, -0.05) is 346 Å². The Hall–Kier alpha value is -20.6. The number of benzene rings is 19. The van der Waals surface area contributed by atoms with Gasteiger partial charge in [-0.2, -0.15) is 0 Å². The molecule has 150 heavy (non-hydrogen) atoms. The average Bonchev–Trinajstić information content (AvgIpc) is 1.56. The highest BCUT2D eigenvalue weighted by molar-refractivity contribution is 6.15. The SMILES string of the molecule is c1ccc(-c2cc(-c3ccc4c(c3)c3ccccc3n4-c3nc4ccccc4c4nc5ccccc5n34)cc(-c3ccccc3)n2)cc1.c1ccc(-c2cc(-c3ccccc3)nc(-c3ccc4c(c3)c3ccccc3n4-c3nc4ccccc4c4nc5ccccc5n34)c2)cc1.c1ccc(-c2cc(-c3ccccc3)nc(-c3cccc(-c4ccc5c(c4)c4ccccc4n5-c4nc5ccccc5c5nc6ccccc6n45)c3)n2)cc1. The summed E-state index contributed by atoms with van der Waals surface area (Å²) in [5, 5.41) is 10.0. The Kier molecular flexibility index (Phi) is 20.5. The first kappa shape index (κ1) is 86.1. The van der Waals surface area contributed by atoms with E-state index in [4.69, 9.17) is 49.8 Å². The van der Waals surface area contributed by atoms with Crippen LogP contribution in [0.5, 0.6) is 0 Å². The largest absolute Gasteiger partial charge is 0.279 e. The average molecular weight is 1920 g/mol. The molecule has 0 aliphatic rings.